The normalized spacial score (nSPS) is 15.3. The topological polar surface area (TPSA) is 20.6 Å². The summed E-state index contributed by atoms with van der Waals surface area (Å²) >= 11 is 6.08. The third kappa shape index (κ3) is 4.29. The quantitative estimate of drug-likeness (QED) is 0.528. The number of methoxy groups -OCH3 is 1. The van der Waals surface area contributed by atoms with Crippen molar-refractivity contribution in [3.63, 3.8) is 0 Å². The second-order valence-corrected chi connectivity index (χ2v) is 7.86. The number of piperazine rings is 1. The van der Waals surface area contributed by atoms with E-state index < -0.39 is 0 Å². The van der Waals surface area contributed by atoms with E-state index >= 15 is 0 Å². The number of hydrogen-bond acceptors (Lipinski definition) is 3. The monoisotopic (exact) mass is 397 g/mol. The van der Waals surface area contributed by atoms with Gasteiger partial charge in [-0.05, 0) is 55.8 Å². The first kappa shape index (κ1) is 19.2. The van der Waals surface area contributed by atoms with Crippen molar-refractivity contribution in [1.29, 1.82) is 0 Å². The van der Waals surface area contributed by atoms with Gasteiger partial charge in [-0.25, -0.2) is 0 Å². The molecule has 0 spiro atoms. The molecule has 1 aliphatic heterocycles. The summed E-state index contributed by atoms with van der Waals surface area (Å²) in [5, 5.41) is 2.03. The summed E-state index contributed by atoms with van der Waals surface area (Å²) < 4.78 is 7.85. The summed E-state index contributed by atoms with van der Waals surface area (Å²) in [4.78, 5) is 5.02. The van der Waals surface area contributed by atoms with Gasteiger partial charge in [0.1, 0.15) is 5.75 Å². The molecule has 2 aromatic carbocycles. The molecule has 0 bridgehead atoms. The third-order valence-electron chi connectivity index (χ3n) is 5.65. The lowest BCUT2D eigenvalue weighted by atomic mass is 10.2. The molecule has 0 aliphatic carbocycles. The molecule has 1 aliphatic rings. The Bertz CT molecular complexity index is 915. The first-order valence-corrected chi connectivity index (χ1v) is 10.5. The van der Waals surface area contributed by atoms with Gasteiger partial charge in [-0.2, -0.15) is 0 Å². The van der Waals surface area contributed by atoms with E-state index in [0.717, 1.165) is 43.5 Å². The molecular formula is C23H28ClN3O. The maximum Gasteiger partial charge on any atom is 0.142 e. The van der Waals surface area contributed by atoms with Crippen molar-refractivity contribution in [2.45, 2.75) is 19.4 Å². The standard InChI is InChI=1S/C23H28ClN3O/c1-28-23-7-3-2-6-22(23)27-16-14-25(15-17-27)11-4-5-12-26-13-10-19-18-20(24)8-9-21(19)26/h2-3,6-10,13,18H,4-5,11-12,14-17H2,1H3. The lowest BCUT2D eigenvalue weighted by Crippen LogP contribution is -2.46. The lowest BCUT2D eigenvalue weighted by molar-refractivity contribution is 0.251. The van der Waals surface area contributed by atoms with Gasteiger partial charge in [0.2, 0.25) is 0 Å². The molecule has 1 aromatic heterocycles. The molecule has 0 atom stereocenters. The first-order chi connectivity index (χ1) is 13.7. The van der Waals surface area contributed by atoms with Gasteiger partial charge >= 0.3 is 0 Å². The smallest absolute Gasteiger partial charge is 0.142 e. The summed E-state index contributed by atoms with van der Waals surface area (Å²) in [5.74, 6) is 0.969. The minimum Gasteiger partial charge on any atom is -0.495 e. The second kappa shape index (κ2) is 8.89. The second-order valence-electron chi connectivity index (χ2n) is 7.42. The van der Waals surface area contributed by atoms with Crippen LogP contribution in [0.5, 0.6) is 5.75 Å². The number of anilines is 1. The van der Waals surface area contributed by atoms with E-state index in [2.05, 4.69) is 44.8 Å². The van der Waals surface area contributed by atoms with Crippen LogP contribution in [0.4, 0.5) is 5.69 Å². The fourth-order valence-electron chi connectivity index (χ4n) is 4.09. The van der Waals surface area contributed by atoms with Crippen molar-refractivity contribution >= 4 is 28.2 Å². The predicted octanol–water partition coefficient (Wildman–Crippen LogP) is 4.91. The SMILES string of the molecule is COc1ccccc1N1CCN(CCCCn2ccc3cc(Cl)ccc32)CC1. The van der Waals surface area contributed by atoms with Crippen LogP contribution in [-0.2, 0) is 6.54 Å². The molecule has 28 heavy (non-hydrogen) atoms. The number of ether oxygens (including phenoxy) is 1. The molecule has 4 rings (SSSR count). The van der Waals surface area contributed by atoms with Gasteiger partial charge in [0.05, 0.1) is 12.8 Å². The number of rotatable bonds is 7. The number of halogens is 1. The van der Waals surface area contributed by atoms with Gasteiger partial charge in [-0.15, -0.1) is 0 Å². The Kier molecular flexibility index (Phi) is 6.08. The van der Waals surface area contributed by atoms with Crippen LogP contribution in [0.3, 0.4) is 0 Å². The highest BCUT2D eigenvalue weighted by Gasteiger charge is 2.19. The predicted molar refractivity (Wildman–Crippen MR) is 118 cm³/mol. The highest BCUT2D eigenvalue weighted by Crippen LogP contribution is 2.28. The molecule has 4 nitrogen and oxygen atoms in total. The molecule has 0 unspecified atom stereocenters. The third-order valence-corrected chi connectivity index (χ3v) is 5.89. The van der Waals surface area contributed by atoms with E-state index in [-0.39, 0.29) is 0 Å². The number of benzene rings is 2. The van der Waals surface area contributed by atoms with Crippen LogP contribution < -0.4 is 9.64 Å². The van der Waals surface area contributed by atoms with Crippen LogP contribution in [0.2, 0.25) is 5.02 Å². The van der Waals surface area contributed by atoms with Gasteiger partial charge in [-0.3, -0.25) is 4.90 Å². The maximum absolute atomic E-state index is 6.08. The van der Waals surface area contributed by atoms with E-state index in [1.165, 1.54) is 36.0 Å². The van der Waals surface area contributed by atoms with Crippen molar-refractivity contribution in [1.82, 2.24) is 9.47 Å². The average molecular weight is 398 g/mol. The van der Waals surface area contributed by atoms with E-state index in [1.807, 2.05) is 24.3 Å². The number of hydrogen-bond donors (Lipinski definition) is 0. The molecule has 2 heterocycles. The molecular weight excluding hydrogens is 370 g/mol. The summed E-state index contributed by atoms with van der Waals surface area (Å²) in [6.07, 6.45) is 4.59. The number of aryl methyl sites for hydroxylation is 1. The minimum absolute atomic E-state index is 0.803. The van der Waals surface area contributed by atoms with Crippen LogP contribution in [0.25, 0.3) is 10.9 Å². The zero-order valence-corrected chi connectivity index (χ0v) is 17.2. The zero-order chi connectivity index (χ0) is 19.3. The Hall–Kier alpha value is -2.17. The maximum atomic E-state index is 6.08. The first-order valence-electron chi connectivity index (χ1n) is 10.1. The Morgan fingerprint density at radius 3 is 2.54 bits per heavy atom. The molecule has 1 saturated heterocycles. The zero-order valence-electron chi connectivity index (χ0n) is 16.5. The van der Waals surface area contributed by atoms with Gasteiger partial charge in [0, 0.05) is 54.8 Å². The Balaban J connectivity index is 1.22. The highest BCUT2D eigenvalue weighted by molar-refractivity contribution is 6.31. The van der Waals surface area contributed by atoms with Crippen molar-refractivity contribution in [2.24, 2.45) is 0 Å². The van der Waals surface area contributed by atoms with Crippen molar-refractivity contribution in [3.8, 4) is 5.75 Å². The molecule has 1 fully saturated rings. The Labute approximate surface area is 172 Å². The van der Waals surface area contributed by atoms with Crippen molar-refractivity contribution in [3.05, 3.63) is 59.8 Å². The van der Waals surface area contributed by atoms with Crippen LogP contribution in [0.15, 0.2) is 54.7 Å². The average Bonchev–Trinajstić information content (AvgIpc) is 3.13. The van der Waals surface area contributed by atoms with Crippen LogP contribution in [0.1, 0.15) is 12.8 Å². The molecule has 148 valence electrons. The molecule has 3 aromatic rings. The van der Waals surface area contributed by atoms with Gasteiger partial charge in [0.15, 0.2) is 0 Å². The van der Waals surface area contributed by atoms with E-state index in [4.69, 9.17) is 16.3 Å². The number of unbranched alkanes of at least 4 members (excludes halogenated alkanes) is 1. The summed E-state index contributed by atoms with van der Waals surface area (Å²) in [6, 6.07) is 16.6. The number of para-hydroxylation sites is 2. The summed E-state index contributed by atoms with van der Waals surface area (Å²) in [7, 11) is 1.75. The van der Waals surface area contributed by atoms with Gasteiger partial charge < -0.3 is 14.2 Å². The molecule has 5 heteroatoms. The minimum atomic E-state index is 0.803. The summed E-state index contributed by atoms with van der Waals surface area (Å²) in [6.45, 7) is 6.58. The molecule has 0 amide bonds. The highest BCUT2D eigenvalue weighted by atomic mass is 35.5. The summed E-state index contributed by atoms with van der Waals surface area (Å²) in [5.41, 5.74) is 2.49. The number of nitrogens with zero attached hydrogens (tertiary/aromatic N) is 3. The van der Waals surface area contributed by atoms with Crippen molar-refractivity contribution < 1.29 is 4.74 Å². The van der Waals surface area contributed by atoms with Crippen LogP contribution in [-0.4, -0.2) is 49.3 Å². The lowest BCUT2D eigenvalue weighted by Gasteiger charge is -2.36. The number of fused-ring (bicyclic) bond motifs is 1. The molecule has 0 saturated carbocycles. The van der Waals surface area contributed by atoms with E-state index in [1.54, 1.807) is 7.11 Å². The largest absolute Gasteiger partial charge is 0.495 e. The van der Waals surface area contributed by atoms with Gasteiger partial charge in [-0.1, -0.05) is 23.7 Å². The van der Waals surface area contributed by atoms with E-state index in [0.29, 0.717) is 0 Å². The fourth-order valence-corrected chi connectivity index (χ4v) is 4.27. The molecule has 0 N–H and O–H groups in total. The number of aromatic nitrogens is 1. The van der Waals surface area contributed by atoms with Crippen LogP contribution >= 0.6 is 11.6 Å². The Morgan fingerprint density at radius 1 is 0.929 bits per heavy atom. The van der Waals surface area contributed by atoms with Gasteiger partial charge in [0.25, 0.3) is 0 Å². The Morgan fingerprint density at radius 2 is 1.71 bits per heavy atom. The van der Waals surface area contributed by atoms with Crippen molar-refractivity contribution in [2.75, 3.05) is 44.7 Å². The molecule has 0 radical (unpaired) electrons. The van der Waals surface area contributed by atoms with Crippen LogP contribution in [0, 0.1) is 0 Å². The van der Waals surface area contributed by atoms with E-state index in [9.17, 15) is 0 Å². The fraction of sp³-hybridized carbons (Fsp3) is 0.391.